The van der Waals surface area contributed by atoms with Gasteiger partial charge in [0.25, 0.3) is 5.56 Å². The number of halogens is 1. The number of aromatic nitrogens is 1. The van der Waals surface area contributed by atoms with Crippen molar-refractivity contribution < 1.29 is 8.95 Å². The highest BCUT2D eigenvalue weighted by Crippen LogP contribution is 2.36. The third-order valence-electron chi connectivity index (χ3n) is 3.87. The Kier molecular flexibility index (Phi) is 5.88. The lowest BCUT2D eigenvalue weighted by Crippen LogP contribution is -2.21. The Hall–Kier alpha value is -2.29. The van der Waals surface area contributed by atoms with Crippen molar-refractivity contribution in [3.05, 3.63) is 62.7 Å². The lowest BCUT2D eigenvalue weighted by atomic mass is 10.2. The number of hydrogen-bond acceptors (Lipinski definition) is 5. The average molecular weight is 424 g/mol. The summed E-state index contributed by atoms with van der Waals surface area (Å²) in [4.78, 5) is 12.3. The molecule has 6 nitrogen and oxygen atoms in total. The van der Waals surface area contributed by atoms with Gasteiger partial charge in [0.1, 0.15) is 15.7 Å². The number of thiophene rings is 1. The van der Waals surface area contributed by atoms with E-state index in [0.29, 0.717) is 26.4 Å². The van der Waals surface area contributed by atoms with Crippen LogP contribution in [-0.4, -0.2) is 15.9 Å². The fraction of sp³-hybridized carbons (Fsp3) is 0.167. The Bertz CT molecular complexity index is 1050. The largest absolute Gasteiger partial charge is 0.494 e. The summed E-state index contributed by atoms with van der Waals surface area (Å²) in [6.45, 7) is 1.94. The quantitative estimate of drug-likeness (QED) is 0.620. The van der Waals surface area contributed by atoms with Crippen molar-refractivity contribution in [2.24, 2.45) is 7.05 Å². The molecule has 27 heavy (non-hydrogen) atoms. The van der Waals surface area contributed by atoms with E-state index in [-0.39, 0.29) is 11.3 Å². The molecular formula is C18H18ClN3O3S2. The van der Waals surface area contributed by atoms with Crippen LogP contribution >= 0.6 is 22.9 Å². The maximum Gasteiger partial charge on any atom is 0.255 e. The lowest BCUT2D eigenvalue weighted by molar-refractivity contribution is 0.415. The van der Waals surface area contributed by atoms with Crippen LogP contribution in [0.2, 0.25) is 5.02 Å². The summed E-state index contributed by atoms with van der Waals surface area (Å²) in [6, 6.07) is 10.5. The zero-order chi connectivity index (χ0) is 19.6. The van der Waals surface area contributed by atoms with Crippen molar-refractivity contribution >= 4 is 51.1 Å². The number of nitrogens with one attached hydrogen (secondary N) is 2. The van der Waals surface area contributed by atoms with E-state index in [0.717, 1.165) is 5.56 Å². The van der Waals surface area contributed by atoms with Crippen LogP contribution in [0.15, 0.2) is 50.8 Å². The van der Waals surface area contributed by atoms with Gasteiger partial charge in [-0.2, -0.15) is 0 Å². The summed E-state index contributed by atoms with van der Waals surface area (Å²) in [6.07, 6.45) is 0. The first-order chi connectivity index (χ1) is 12.9. The first kappa shape index (κ1) is 19.5. The maximum absolute atomic E-state index is 12.7. The molecule has 1 unspecified atom stereocenters. The van der Waals surface area contributed by atoms with Crippen LogP contribution in [0.5, 0.6) is 5.75 Å². The van der Waals surface area contributed by atoms with Gasteiger partial charge in [0.05, 0.1) is 17.8 Å². The molecule has 0 aliphatic heterocycles. The molecule has 2 aromatic heterocycles. The SMILES string of the molecule is COc1cc(=O)n(C)c(Nc2ccc(C)cc2Cl)c1NS(=O)c1cccs1. The lowest BCUT2D eigenvalue weighted by Gasteiger charge is -2.19. The molecule has 9 heteroatoms. The molecule has 0 fully saturated rings. The summed E-state index contributed by atoms with van der Waals surface area (Å²) in [5, 5.41) is 5.52. The summed E-state index contributed by atoms with van der Waals surface area (Å²) < 4.78 is 23.0. The van der Waals surface area contributed by atoms with Crippen molar-refractivity contribution in [2.75, 3.05) is 17.1 Å². The van der Waals surface area contributed by atoms with E-state index in [2.05, 4.69) is 10.0 Å². The van der Waals surface area contributed by atoms with Gasteiger partial charge >= 0.3 is 0 Å². The molecule has 2 heterocycles. The Balaban J connectivity index is 2.09. The molecule has 0 saturated heterocycles. The van der Waals surface area contributed by atoms with Gasteiger partial charge in [-0.25, -0.2) is 4.21 Å². The van der Waals surface area contributed by atoms with Gasteiger partial charge in [0.2, 0.25) is 0 Å². The molecule has 0 saturated carbocycles. The highest BCUT2D eigenvalue weighted by Gasteiger charge is 2.19. The second kappa shape index (κ2) is 8.16. The molecular weight excluding hydrogens is 406 g/mol. The van der Waals surface area contributed by atoms with Gasteiger partial charge in [-0.15, -0.1) is 11.3 Å². The number of ether oxygens (including phenoxy) is 1. The molecule has 0 aliphatic rings. The van der Waals surface area contributed by atoms with Gasteiger partial charge in [-0.05, 0) is 36.1 Å². The number of hydrogen-bond donors (Lipinski definition) is 2. The minimum Gasteiger partial charge on any atom is -0.494 e. The molecule has 0 bridgehead atoms. The van der Waals surface area contributed by atoms with E-state index in [9.17, 15) is 9.00 Å². The van der Waals surface area contributed by atoms with E-state index in [1.165, 1.54) is 29.1 Å². The standard InChI is InChI=1S/C18H18ClN3O3S2/c1-11-6-7-13(12(19)9-11)20-18-17(14(25-3)10-15(23)22(18)2)21-27(24)16-5-4-8-26-16/h4-10,20-21H,1-3H3. The monoisotopic (exact) mass is 423 g/mol. The van der Waals surface area contributed by atoms with Crippen molar-refractivity contribution in [1.82, 2.24) is 4.57 Å². The fourth-order valence-corrected chi connectivity index (χ4v) is 4.50. The zero-order valence-corrected chi connectivity index (χ0v) is 17.3. The second-order valence-electron chi connectivity index (χ2n) is 5.74. The van der Waals surface area contributed by atoms with Crippen molar-refractivity contribution in [1.29, 1.82) is 0 Å². The van der Waals surface area contributed by atoms with Crippen molar-refractivity contribution in [3.63, 3.8) is 0 Å². The third kappa shape index (κ3) is 4.18. The molecule has 142 valence electrons. The van der Waals surface area contributed by atoms with Crippen molar-refractivity contribution in [2.45, 2.75) is 11.1 Å². The average Bonchev–Trinajstić information content (AvgIpc) is 3.17. The molecule has 3 rings (SSSR count). The predicted molar refractivity (Wildman–Crippen MR) is 112 cm³/mol. The van der Waals surface area contributed by atoms with E-state index < -0.39 is 11.0 Å². The van der Waals surface area contributed by atoms with Crippen molar-refractivity contribution in [3.8, 4) is 5.75 Å². The van der Waals surface area contributed by atoms with Crippen LogP contribution < -0.4 is 20.3 Å². The van der Waals surface area contributed by atoms with Gasteiger partial charge in [-0.3, -0.25) is 14.1 Å². The van der Waals surface area contributed by atoms with E-state index >= 15 is 0 Å². The summed E-state index contributed by atoms with van der Waals surface area (Å²) in [7, 11) is 1.56. The van der Waals surface area contributed by atoms with Crippen LogP contribution in [0.25, 0.3) is 0 Å². The van der Waals surface area contributed by atoms with E-state index in [4.69, 9.17) is 16.3 Å². The number of aryl methyl sites for hydroxylation is 1. The fourth-order valence-electron chi connectivity index (χ4n) is 2.44. The highest BCUT2D eigenvalue weighted by atomic mass is 35.5. The molecule has 3 aromatic rings. The van der Waals surface area contributed by atoms with Crippen LogP contribution in [0.1, 0.15) is 5.56 Å². The summed E-state index contributed by atoms with van der Waals surface area (Å²) >= 11 is 7.70. The molecule has 2 N–H and O–H groups in total. The smallest absolute Gasteiger partial charge is 0.255 e. The van der Waals surface area contributed by atoms with Crippen LogP contribution in [-0.2, 0) is 18.0 Å². The first-order valence-corrected chi connectivity index (χ1v) is 10.3. The number of methoxy groups -OCH3 is 1. The Morgan fingerprint density at radius 2 is 2.04 bits per heavy atom. The van der Waals surface area contributed by atoms with E-state index in [1.807, 2.05) is 36.6 Å². The van der Waals surface area contributed by atoms with Crippen LogP contribution in [0.4, 0.5) is 17.2 Å². The number of pyridine rings is 1. The molecule has 0 amide bonds. The van der Waals surface area contributed by atoms with Gasteiger partial charge in [0.15, 0.2) is 16.7 Å². The van der Waals surface area contributed by atoms with Gasteiger partial charge in [0, 0.05) is 13.1 Å². The number of anilines is 3. The van der Waals surface area contributed by atoms with Crippen LogP contribution in [0.3, 0.4) is 0 Å². The normalized spacial score (nSPS) is 11.9. The second-order valence-corrected chi connectivity index (χ2v) is 8.54. The maximum atomic E-state index is 12.7. The number of nitrogens with zero attached hydrogens (tertiary/aromatic N) is 1. The number of benzene rings is 1. The topological polar surface area (TPSA) is 72.4 Å². The third-order valence-corrected chi connectivity index (χ3v) is 6.48. The summed E-state index contributed by atoms with van der Waals surface area (Å²) in [5.41, 5.74) is 1.77. The minimum absolute atomic E-state index is 0.273. The summed E-state index contributed by atoms with van der Waals surface area (Å²) in [5.74, 6) is 0.684. The van der Waals surface area contributed by atoms with E-state index in [1.54, 1.807) is 13.1 Å². The van der Waals surface area contributed by atoms with Gasteiger partial charge in [-0.1, -0.05) is 23.7 Å². The minimum atomic E-state index is -1.51. The molecule has 0 spiro atoms. The Morgan fingerprint density at radius 3 is 2.67 bits per heavy atom. The van der Waals surface area contributed by atoms with Gasteiger partial charge < -0.3 is 10.1 Å². The molecule has 0 aliphatic carbocycles. The van der Waals surface area contributed by atoms with Crippen LogP contribution in [0, 0.1) is 6.92 Å². The number of rotatable bonds is 6. The molecule has 0 radical (unpaired) electrons. The molecule has 1 atom stereocenters. The predicted octanol–water partition coefficient (Wildman–Crippen LogP) is 4.30. The zero-order valence-electron chi connectivity index (χ0n) is 14.9. The highest BCUT2D eigenvalue weighted by molar-refractivity contribution is 7.88. The Labute approximate surface area is 168 Å². The first-order valence-electron chi connectivity index (χ1n) is 7.94. The Morgan fingerprint density at radius 1 is 1.26 bits per heavy atom. The molecule has 1 aromatic carbocycles.